The van der Waals surface area contributed by atoms with Gasteiger partial charge in [0.1, 0.15) is 0 Å². The maximum absolute atomic E-state index is 12.1. The van der Waals surface area contributed by atoms with Gasteiger partial charge in [0.05, 0.1) is 19.8 Å². The number of hydrogen-bond donors (Lipinski definition) is 1. The average molecular weight is 304 g/mol. The maximum Gasteiger partial charge on any atom is 0.238 e. The highest BCUT2D eigenvalue weighted by Crippen LogP contribution is 2.31. The van der Waals surface area contributed by atoms with E-state index in [2.05, 4.69) is 29.3 Å². The van der Waals surface area contributed by atoms with Crippen LogP contribution in [0.25, 0.3) is 0 Å². The van der Waals surface area contributed by atoms with Crippen molar-refractivity contribution in [1.82, 2.24) is 4.90 Å². The average Bonchev–Trinajstić information content (AvgIpc) is 2.99. The summed E-state index contributed by atoms with van der Waals surface area (Å²) in [6.45, 7) is 5.59. The number of hydrogen-bond acceptors (Lipinski definition) is 4. The molecule has 2 saturated heterocycles. The van der Waals surface area contributed by atoms with E-state index >= 15 is 0 Å². The lowest BCUT2D eigenvalue weighted by molar-refractivity contribution is -0.185. The molecule has 22 heavy (non-hydrogen) atoms. The molecule has 0 unspecified atom stereocenters. The van der Waals surface area contributed by atoms with E-state index in [4.69, 9.17) is 9.47 Å². The fraction of sp³-hybridized carbons (Fsp3) is 0.588. The van der Waals surface area contributed by atoms with Gasteiger partial charge in [0.15, 0.2) is 5.79 Å². The van der Waals surface area contributed by atoms with Crippen LogP contribution in [-0.4, -0.2) is 49.4 Å². The molecule has 0 radical (unpaired) electrons. The SMILES string of the molecule is CCc1ccc(NC(=O)CN2CCC3(CC2)OCCO3)cc1. The van der Waals surface area contributed by atoms with Crippen LogP contribution in [0.3, 0.4) is 0 Å². The van der Waals surface area contributed by atoms with Gasteiger partial charge in [-0.25, -0.2) is 0 Å². The smallest absolute Gasteiger partial charge is 0.238 e. The third-order valence-electron chi connectivity index (χ3n) is 4.44. The predicted molar refractivity (Wildman–Crippen MR) is 84.8 cm³/mol. The molecule has 1 spiro atoms. The fourth-order valence-corrected chi connectivity index (χ4v) is 3.06. The molecule has 0 aliphatic carbocycles. The third kappa shape index (κ3) is 3.66. The minimum absolute atomic E-state index is 0.0356. The van der Waals surface area contributed by atoms with Crippen molar-refractivity contribution in [1.29, 1.82) is 0 Å². The zero-order valence-corrected chi connectivity index (χ0v) is 13.1. The number of amides is 1. The number of aryl methyl sites for hydroxylation is 1. The normalized spacial score (nSPS) is 21.1. The van der Waals surface area contributed by atoms with E-state index in [9.17, 15) is 4.79 Å². The number of nitrogens with one attached hydrogen (secondary N) is 1. The molecule has 120 valence electrons. The summed E-state index contributed by atoms with van der Waals surface area (Å²) in [5.74, 6) is -0.336. The molecule has 2 aliphatic rings. The van der Waals surface area contributed by atoms with Crippen LogP contribution in [0, 0.1) is 0 Å². The van der Waals surface area contributed by atoms with Gasteiger partial charge in [-0.15, -0.1) is 0 Å². The third-order valence-corrected chi connectivity index (χ3v) is 4.44. The Bertz CT molecular complexity index is 499. The molecule has 2 fully saturated rings. The molecule has 0 bridgehead atoms. The summed E-state index contributed by atoms with van der Waals surface area (Å²) in [4.78, 5) is 14.3. The summed E-state index contributed by atoms with van der Waals surface area (Å²) in [7, 11) is 0. The van der Waals surface area contributed by atoms with E-state index in [1.165, 1.54) is 5.56 Å². The predicted octanol–water partition coefficient (Wildman–Crippen LogP) is 2.03. The first kappa shape index (κ1) is 15.5. The van der Waals surface area contributed by atoms with Crippen LogP contribution in [0.5, 0.6) is 0 Å². The Kier molecular flexibility index (Phi) is 4.76. The Morgan fingerprint density at radius 2 is 1.82 bits per heavy atom. The van der Waals surface area contributed by atoms with Gasteiger partial charge in [-0.05, 0) is 24.1 Å². The van der Waals surface area contributed by atoms with Gasteiger partial charge in [-0.1, -0.05) is 19.1 Å². The first-order valence-corrected chi connectivity index (χ1v) is 8.08. The van der Waals surface area contributed by atoms with Gasteiger partial charge in [0.2, 0.25) is 5.91 Å². The maximum atomic E-state index is 12.1. The minimum atomic E-state index is -0.372. The van der Waals surface area contributed by atoms with Crippen molar-refractivity contribution in [3.8, 4) is 0 Å². The van der Waals surface area contributed by atoms with Crippen LogP contribution in [-0.2, 0) is 20.7 Å². The van der Waals surface area contributed by atoms with E-state index in [0.29, 0.717) is 19.8 Å². The van der Waals surface area contributed by atoms with Gasteiger partial charge in [0, 0.05) is 31.6 Å². The van der Waals surface area contributed by atoms with Crippen molar-refractivity contribution < 1.29 is 14.3 Å². The van der Waals surface area contributed by atoms with Crippen LogP contribution in [0.1, 0.15) is 25.3 Å². The van der Waals surface area contributed by atoms with E-state index in [1.54, 1.807) is 0 Å². The monoisotopic (exact) mass is 304 g/mol. The number of carbonyl (C=O) groups excluding carboxylic acids is 1. The highest BCUT2D eigenvalue weighted by Gasteiger charge is 2.39. The molecule has 5 heteroatoms. The number of rotatable bonds is 4. The summed E-state index contributed by atoms with van der Waals surface area (Å²) >= 11 is 0. The Labute approximate surface area is 131 Å². The summed E-state index contributed by atoms with van der Waals surface area (Å²) in [5.41, 5.74) is 2.13. The Morgan fingerprint density at radius 3 is 2.41 bits per heavy atom. The van der Waals surface area contributed by atoms with Gasteiger partial charge >= 0.3 is 0 Å². The molecule has 0 saturated carbocycles. The molecule has 0 aromatic heterocycles. The molecular weight excluding hydrogens is 280 g/mol. The van der Waals surface area contributed by atoms with Crippen molar-refractivity contribution in [3.63, 3.8) is 0 Å². The van der Waals surface area contributed by atoms with E-state index < -0.39 is 0 Å². The van der Waals surface area contributed by atoms with Crippen molar-refractivity contribution in [2.24, 2.45) is 0 Å². The zero-order chi connectivity index (χ0) is 15.4. The van der Waals surface area contributed by atoms with Gasteiger partial charge in [-0.3, -0.25) is 9.69 Å². The van der Waals surface area contributed by atoms with Crippen LogP contribution in [0.15, 0.2) is 24.3 Å². The molecule has 1 N–H and O–H groups in total. The lowest BCUT2D eigenvalue weighted by atomic mass is 10.0. The highest BCUT2D eigenvalue weighted by molar-refractivity contribution is 5.92. The number of piperidine rings is 1. The second-order valence-corrected chi connectivity index (χ2v) is 5.98. The van der Waals surface area contributed by atoms with Gasteiger partial charge < -0.3 is 14.8 Å². The van der Waals surface area contributed by atoms with Crippen LogP contribution < -0.4 is 5.32 Å². The first-order chi connectivity index (χ1) is 10.7. The second-order valence-electron chi connectivity index (χ2n) is 5.98. The molecule has 1 aromatic rings. The molecule has 2 aliphatic heterocycles. The quantitative estimate of drug-likeness (QED) is 0.925. The molecule has 3 rings (SSSR count). The standard InChI is InChI=1S/C17H24N2O3/c1-2-14-3-5-15(6-4-14)18-16(20)13-19-9-7-17(8-10-19)21-11-12-22-17/h3-6H,2,7-13H2,1H3,(H,18,20). The van der Waals surface area contributed by atoms with Crippen molar-refractivity contribution >= 4 is 11.6 Å². The number of likely N-dealkylation sites (tertiary alicyclic amines) is 1. The van der Waals surface area contributed by atoms with E-state index in [-0.39, 0.29) is 11.7 Å². The lowest BCUT2D eigenvalue weighted by Gasteiger charge is -2.37. The molecule has 0 atom stereocenters. The number of benzene rings is 1. The second kappa shape index (κ2) is 6.77. The highest BCUT2D eigenvalue weighted by atomic mass is 16.7. The van der Waals surface area contributed by atoms with E-state index in [0.717, 1.165) is 38.0 Å². The Hall–Kier alpha value is -1.43. The zero-order valence-electron chi connectivity index (χ0n) is 13.1. The Balaban J connectivity index is 1.45. The Morgan fingerprint density at radius 1 is 1.18 bits per heavy atom. The molecule has 1 aromatic carbocycles. The topological polar surface area (TPSA) is 50.8 Å². The molecule has 1 amide bonds. The molecule has 5 nitrogen and oxygen atoms in total. The first-order valence-electron chi connectivity index (χ1n) is 8.08. The minimum Gasteiger partial charge on any atom is -0.347 e. The van der Waals surface area contributed by atoms with Crippen molar-refractivity contribution in [3.05, 3.63) is 29.8 Å². The summed E-state index contributed by atoms with van der Waals surface area (Å²) in [6, 6.07) is 8.02. The number of nitrogens with zero attached hydrogens (tertiary/aromatic N) is 1. The van der Waals surface area contributed by atoms with Gasteiger partial charge in [0.25, 0.3) is 0 Å². The van der Waals surface area contributed by atoms with Crippen LogP contribution in [0.2, 0.25) is 0 Å². The van der Waals surface area contributed by atoms with Crippen molar-refractivity contribution in [2.75, 3.05) is 38.2 Å². The number of ether oxygens (including phenoxy) is 2. The largest absolute Gasteiger partial charge is 0.347 e. The summed E-state index contributed by atoms with van der Waals surface area (Å²) in [6.07, 6.45) is 2.69. The van der Waals surface area contributed by atoms with Crippen LogP contribution >= 0.6 is 0 Å². The van der Waals surface area contributed by atoms with E-state index in [1.807, 2.05) is 12.1 Å². The van der Waals surface area contributed by atoms with Crippen molar-refractivity contribution in [2.45, 2.75) is 32.0 Å². The van der Waals surface area contributed by atoms with Gasteiger partial charge in [-0.2, -0.15) is 0 Å². The summed E-state index contributed by atoms with van der Waals surface area (Å²) < 4.78 is 11.4. The molecular formula is C17H24N2O3. The lowest BCUT2D eigenvalue weighted by Crippen LogP contribution is -2.47. The summed E-state index contributed by atoms with van der Waals surface area (Å²) in [5, 5.41) is 2.96. The number of anilines is 1. The number of carbonyl (C=O) groups is 1. The molecule has 2 heterocycles. The van der Waals surface area contributed by atoms with Crippen LogP contribution in [0.4, 0.5) is 5.69 Å². The fourth-order valence-electron chi connectivity index (χ4n) is 3.06.